The molecule has 0 aliphatic carbocycles. The van der Waals surface area contributed by atoms with Crippen LogP contribution in [0.5, 0.6) is 0 Å². The van der Waals surface area contributed by atoms with Crippen LogP contribution in [0.4, 0.5) is 0 Å². The summed E-state index contributed by atoms with van der Waals surface area (Å²) in [6, 6.07) is 7.72. The summed E-state index contributed by atoms with van der Waals surface area (Å²) in [5, 5.41) is 7.36. The molecular weight excluding hydrogens is 430 g/mol. The van der Waals surface area contributed by atoms with Crippen molar-refractivity contribution in [3.05, 3.63) is 107 Å². The molecule has 0 atom stereocenters. The summed E-state index contributed by atoms with van der Waals surface area (Å²) < 4.78 is 0. The highest BCUT2D eigenvalue weighted by Gasteiger charge is 1.85. The first-order valence-electron chi connectivity index (χ1n) is 10.3. The van der Waals surface area contributed by atoms with Crippen LogP contribution in [0.3, 0.4) is 0 Å². The Bertz CT molecular complexity index is 928. The molecule has 33 heavy (non-hydrogen) atoms. The van der Waals surface area contributed by atoms with Crippen molar-refractivity contribution >= 4 is 17.6 Å². The molecular formula is C25H31N7S. The Morgan fingerprint density at radius 2 is 1.48 bits per heavy atom. The molecule has 1 aliphatic heterocycles. The Morgan fingerprint density at radius 1 is 0.758 bits per heavy atom. The van der Waals surface area contributed by atoms with Crippen molar-refractivity contribution in [2.75, 3.05) is 6.54 Å². The monoisotopic (exact) mass is 461 g/mol. The van der Waals surface area contributed by atoms with E-state index in [0.29, 0.717) is 0 Å². The average molecular weight is 462 g/mol. The fraction of sp³-hybridized carbons (Fsp3) is 0.240. The molecule has 4 aromatic rings. The van der Waals surface area contributed by atoms with Gasteiger partial charge in [-0.2, -0.15) is 10.2 Å². The Hall–Kier alpha value is -3.65. The number of hydrogen-bond acceptors (Lipinski definition) is 8. The van der Waals surface area contributed by atoms with E-state index in [0.717, 1.165) is 17.8 Å². The quantitative estimate of drug-likeness (QED) is 0.347. The number of aliphatic imine (C=N–C) groups is 1. The largest absolute Gasteiger partial charge is 0.289 e. The van der Waals surface area contributed by atoms with Gasteiger partial charge in [-0.15, -0.1) is 11.3 Å². The number of allylic oxidation sites excluding steroid dienone is 1. The summed E-state index contributed by atoms with van der Waals surface area (Å²) in [6.45, 7) is 10.9. The first-order valence-corrected chi connectivity index (χ1v) is 11.2. The highest BCUT2D eigenvalue weighted by molar-refractivity contribution is 7.09. The second-order valence-corrected chi connectivity index (χ2v) is 7.96. The molecule has 7 nitrogen and oxygen atoms in total. The Morgan fingerprint density at radius 3 is 1.73 bits per heavy atom. The van der Waals surface area contributed by atoms with Crippen LogP contribution in [0.15, 0.2) is 89.9 Å². The van der Waals surface area contributed by atoms with Gasteiger partial charge in [0.15, 0.2) is 0 Å². The zero-order valence-corrected chi connectivity index (χ0v) is 20.6. The Kier molecular flexibility index (Phi) is 14.9. The summed E-state index contributed by atoms with van der Waals surface area (Å²) in [5.41, 5.74) is 6.39. The molecule has 0 saturated carbocycles. The molecule has 5 rings (SSSR count). The molecule has 4 aromatic heterocycles. The van der Waals surface area contributed by atoms with Crippen LogP contribution in [0.25, 0.3) is 0 Å². The van der Waals surface area contributed by atoms with Crippen molar-refractivity contribution in [1.82, 2.24) is 30.1 Å². The van der Waals surface area contributed by atoms with E-state index >= 15 is 0 Å². The highest BCUT2D eigenvalue weighted by Crippen LogP contribution is 1.99. The number of nitrogens with zero attached hydrogens (tertiary/aromatic N) is 7. The van der Waals surface area contributed by atoms with Gasteiger partial charge in [0.1, 0.15) is 6.33 Å². The zero-order valence-electron chi connectivity index (χ0n) is 19.8. The number of thiazole rings is 1. The van der Waals surface area contributed by atoms with E-state index in [4.69, 9.17) is 0 Å². The number of aryl methyl sites for hydroxylation is 4. The van der Waals surface area contributed by atoms with Gasteiger partial charge in [0.2, 0.25) is 0 Å². The minimum atomic E-state index is 0.895. The molecule has 1 aliphatic rings. The standard InChI is InChI=1S/C6H7N.2C5H6N2.C5H7N.C4H5NS/c1-6-3-2-4-7-5-6;1-5-2-6-4-7-3-5;1-5-3-2-4-6-7-5;1-5-2-3-6-4-5;1-4-2-5-3-6-4/h2-5H,1H3;2*2-4H,1H3;2,4H,3H2,1H3;2-3H,1H3. The van der Waals surface area contributed by atoms with Crippen molar-refractivity contribution in [3.63, 3.8) is 0 Å². The van der Waals surface area contributed by atoms with Crippen LogP contribution in [0.2, 0.25) is 0 Å². The minimum Gasteiger partial charge on any atom is -0.289 e. The van der Waals surface area contributed by atoms with E-state index in [2.05, 4.69) is 48.1 Å². The summed E-state index contributed by atoms with van der Waals surface area (Å²) >= 11 is 1.67. The fourth-order valence-corrected chi connectivity index (χ4v) is 2.34. The third-order valence-corrected chi connectivity index (χ3v) is 4.28. The maximum Gasteiger partial charge on any atom is 0.115 e. The molecule has 0 aromatic carbocycles. The second-order valence-electron chi connectivity index (χ2n) is 6.87. The molecule has 172 valence electrons. The molecule has 0 N–H and O–H groups in total. The predicted octanol–water partition coefficient (Wildman–Crippen LogP) is 5.43. The van der Waals surface area contributed by atoms with Crippen molar-refractivity contribution < 1.29 is 0 Å². The number of hydrogen-bond donors (Lipinski definition) is 0. The number of aromatic nitrogens is 6. The van der Waals surface area contributed by atoms with Crippen LogP contribution in [0, 0.1) is 27.7 Å². The van der Waals surface area contributed by atoms with Crippen LogP contribution in [0.1, 0.15) is 28.6 Å². The van der Waals surface area contributed by atoms with Gasteiger partial charge in [-0.1, -0.05) is 12.1 Å². The van der Waals surface area contributed by atoms with Gasteiger partial charge < -0.3 is 0 Å². The maximum atomic E-state index is 3.95. The second kappa shape index (κ2) is 18.0. The summed E-state index contributed by atoms with van der Waals surface area (Å²) in [6.07, 6.45) is 16.2. The summed E-state index contributed by atoms with van der Waals surface area (Å²) in [5.74, 6) is 0. The first-order chi connectivity index (χ1) is 16.0. The van der Waals surface area contributed by atoms with E-state index in [-0.39, 0.29) is 0 Å². The van der Waals surface area contributed by atoms with Crippen LogP contribution >= 0.6 is 11.3 Å². The highest BCUT2D eigenvalue weighted by atomic mass is 32.1. The van der Waals surface area contributed by atoms with E-state index < -0.39 is 0 Å². The van der Waals surface area contributed by atoms with Crippen LogP contribution in [-0.2, 0) is 0 Å². The normalized spacial score (nSPS) is 10.5. The van der Waals surface area contributed by atoms with Crippen LogP contribution in [-0.4, -0.2) is 42.9 Å². The average Bonchev–Trinajstić information content (AvgIpc) is 3.51. The SMILES string of the molecule is CC1=CCN=C1.Cc1cccnc1.Cc1cccnn1.Cc1cncnc1.Cc1cncs1. The molecule has 0 unspecified atom stereocenters. The Balaban J connectivity index is 0.000000207. The third kappa shape index (κ3) is 16.7. The van der Waals surface area contributed by atoms with E-state index in [1.165, 1.54) is 22.3 Å². The van der Waals surface area contributed by atoms with Gasteiger partial charge in [0.05, 0.1) is 17.7 Å². The number of rotatable bonds is 0. The maximum absolute atomic E-state index is 3.95. The van der Waals surface area contributed by atoms with E-state index in [1.807, 2.05) is 76.1 Å². The van der Waals surface area contributed by atoms with Crippen molar-refractivity contribution in [1.29, 1.82) is 0 Å². The predicted molar refractivity (Wildman–Crippen MR) is 136 cm³/mol. The molecule has 0 saturated heterocycles. The lowest BCUT2D eigenvalue weighted by Gasteiger charge is -1.82. The molecule has 8 heteroatoms. The number of pyridine rings is 1. The Labute approximate surface area is 200 Å². The lowest BCUT2D eigenvalue weighted by molar-refractivity contribution is 0.980. The molecule has 0 bridgehead atoms. The van der Waals surface area contributed by atoms with Gasteiger partial charge in [-0.05, 0) is 69.5 Å². The minimum absolute atomic E-state index is 0.895. The van der Waals surface area contributed by atoms with Gasteiger partial charge in [0.25, 0.3) is 0 Å². The van der Waals surface area contributed by atoms with Gasteiger partial charge >= 0.3 is 0 Å². The summed E-state index contributed by atoms with van der Waals surface area (Å²) in [4.78, 5) is 20.5. The van der Waals surface area contributed by atoms with Crippen molar-refractivity contribution in [2.24, 2.45) is 4.99 Å². The molecule has 0 spiro atoms. The topological polar surface area (TPSA) is 89.7 Å². The van der Waals surface area contributed by atoms with Crippen LogP contribution < -0.4 is 0 Å². The molecule has 0 radical (unpaired) electrons. The summed E-state index contributed by atoms with van der Waals surface area (Å²) in [7, 11) is 0. The van der Waals surface area contributed by atoms with Gasteiger partial charge in [0, 0.05) is 48.3 Å². The fourth-order valence-electron chi connectivity index (χ4n) is 1.93. The smallest absolute Gasteiger partial charge is 0.115 e. The van der Waals surface area contributed by atoms with Gasteiger partial charge in [-0.25, -0.2) is 9.97 Å². The van der Waals surface area contributed by atoms with Crippen molar-refractivity contribution in [2.45, 2.75) is 34.6 Å². The molecule has 0 fully saturated rings. The van der Waals surface area contributed by atoms with Crippen molar-refractivity contribution in [3.8, 4) is 0 Å². The zero-order chi connectivity index (χ0) is 24.2. The first kappa shape index (κ1) is 27.4. The third-order valence-electron chi connectivity index (χ3n) is 3.57. The lowest BCUT2D eigenvalue weighted by atomic mass is 10.3. The molecule has 5 heterocycles. The van der Waals surface area contributed by atoms with E-state index in [9.17, 15) is 0 Å². The lowest BCUT2D eigenvalue weighted by Crippen LogP contribution is -1.79. The van der Waals surface area contributed by atoms with Gasteiger partial charge in [-0.3, -0.25) is 15.0 Å². The molecule has 0 amide bonds. The van der Waals surface area contributed by atoms with E-state index in [1.54, 1.807) is 36.1 Å².